The summed E-state index contributed by atoms with van der Waals surface area (Å²) in [5.74, 6) is -1.37. The molecule has 1 fully saturated rings. The van der Waals surface area contributed by atoms with Gasteiger partial charge in [0.1, 0.15) is 11.5 Å². The zero-order valence-electron chi connectivity index (χ0n) is 18.2. The largest absolute Gasteiger partial charge is 0.484 e. The van der Waals surface area contributed by atoms with E-state index in [0.717, 1.165) is 11.3 Å². The molecule has 0 saturated carbocycles. The van der Waals surface area contributed by atoms with Gasteiger partial charge in [0, 0.05) is 48.7 Å². The Labute approximate surface area is 193 Å². The minimum atomic E-state index is -4.41. The Morgan fingerprint density at radius 1 is 1.15 bits per heavy atom. The molecule has 2 aromatic carbocycles. The van der Waals surface area contributed by atoms with Crippen LogP contribution in [0.3, 0.4) is 0 Å². The van der Waals surface area contributed by atoms with Crippen LogP contribution in [-0.2, 0) is 20.8 Å². The molecule has 1 N–H and O–H groups in total. The molecule has 34 heavy (non-hydrogen) atoms. The van der Waals surface area contributed by atoms with Crippen LogP contribution in [0.1, 0.15) is 12.5 Å². The van der Waals surface area contributed by atoms with E-state index < -0.39 is 24.6 Å². The summed E-state index contributed by atoms with van der Waals surface area (Å²) in [6, 6.07) is 10.9. The van der Waals surface area contributed by atoms with Gasteiger partial charge >= 0.3 is 24.0 Å². The van der Waals surface area contributed by atoms with Crippen LogP contribution in [0.2, 0.25) is 0 Å². The molecule has 0 radical (unpaired) electrons. The zero-order chi connectivity index (χ0) is 24.5. The van der Waals surface area contributed by atoms with Gasteiger partial charge in [-0.2, -0.15) is 13.2 Å². The van der Waals surface area contributed by atoms with Gasteiger partial charge in [-0.15, -0.1) is 0 Å². The van der Waals surface area contributed by atoms with Crippen LogP contribution in [-0.4, -0.2) is 61.1 Å². The highest BCUT2D eigenvalue weighted by Gasteiger charge is 2.31. The summed E-state index contributed by atoms with van der Waals surface area (Å²) >= 11 is 0. The van der Waals surface area contributed by atoms with Crippen molar-refractivity contribution in [3.63, 3.8) is 0 Å². The SMILES string of the molecule is C[C@@H]1CN(C(=O)C(=O)Nc2ccc3c(c2)OC(=O)C3)CCN1c1ccc(OCC(F)(F)F)cc1. The Balaban J connectivity index is 1.32. The molecule has 4 rings (SSSR count). The molecule has 0 spiro atoms. The first-order valence-corrected chi connectivity index (χ1v) is 10.6. The number of hydrogen-bond acceptors (Lipinski definition) is 6. The quantitative estimate of drug-likeness (QED) is 0.414. The lowest BCUT2D eigenvalue weighted by Crippen LogP contribution is -2.55. The Bertz CT molecular complexity index is 1100. The van der Waals surface area contributed by atoms with Gasteiger partial charge in [-0.1, -0.05) is 6.07 Å². The van der Waals surface area contributed by atoms with Crippen molar-refractivity contribution in [1.29, 1.82) is 0 Å². The van der Waals surface area contributed by atoms with E-state index in [-0.39, 0.29) is 24.2 Å². The second-order valence-corrected chi connectivity index (χ2v) is 8.12. The van der Waals surface area contributed by atoms with Crippen LogP contribution in [0.15, 0.2) is 42.5 Å². The Hall–Kier alpha value is -3.76. The average Bonchev–Trinajstić information content (AvgIpc) is 3.16. The van der Waals surface area contributed by atoms with Crippen LogP contribution < -0.4 is 19.7 Å². The van der Waals surface area contributed by atoms with E-state index >= 15 is 0 Å². The number of nitrogens with one attached hydrogen (secondary N) is 1. The van der Waals surface area contributed by atoms with Crippen LogP contribution in [0.4, 0.5) is 24.5 Å². The van der Waals surface area contributed by atoms with E-state index in [0.29, 0.717) is 31.1 Å². The third-order valence-corrected chi connectivity index (χ3v) is 5.56. The standard InChI is InChI=1S/C23H22F3N3O5/c1-14-12-28(8-9-29(14)17-4-6-18(7-5-17)33-13-23(24,25)26)22(32)21(31)27-16-3-2-15-10-20(30)34-19(15)11-16/h2-7,11,14H,8-10,12-13H2,1H3,(H,27,31)/t14-/m1/s1. The number of esters is 1. The lowest BCUT2D eigenvalue weighted by Gasteiger charge is -2.41. The van der Waals surface area contributed by atoms with Gasteiger partial charge in [0.15, 0.2) is 6.61 Å². The summed E-state index contributed by atoms with van der Waals surface area (Å²) in [6.07, 6.45) is -4.23. The lowest BCUT2D eigenvalue weighted by molar-refractivity contribution is -0.153. The summed E-state index contributed by atoms with van der Waals surface area (Å²) < 4.78 is 46.7. The molecule has 2 aliphatic rings. The smallest absolute Gasteiger partial charge is 0.422 e. The molecule has 2 amide bonds. The summed E-state index contributed by atoms with van der Waals surface area (Å²) in [7, 11) is 0. The van der Waals surface area contributed by atoms with Crippen LogP contribution in [0.25, 0.3) is 0 Å². The van der Waals surface area contributed by atoms with E-state index in [4.69, 9.17) is 9.47 Å². The maximum atomic E-state index is 12.7. The molecule has 8 nitrogen and oxygen atoms in total. The van der Waals surface area contributed by atoms with Gasteiger partial charge in [-0.3, -0.25) is 14.4 Å². The lowest BCUT2D eigenvalue weighted by atomic mass is 10.1. The number of piperazine rings is 1. The zero-order valence-corrected chi connectivity index (χ0v) is 18.2. The average molecular weight is 477 g/mol. The number of anilines is 2. The van der Waals surface area contributed by atoms with Crippen LogP contribution in [0.5, 0.6) is 11.5 Å². The van der Waals surface area contributed by atoms with E-state index in [1.807, 2.05) is 11.8 Å². The molecule has 1 saturated heterocycles. The molecular weight excluding hydrogens is 455 g/mol. The van der Waals surface area contributed by atoms with Crippen molar-refractivity contribution in [2.75, 3.05) is 36.5 Å². The maximum Gasteiger partial charge on any atom is 0.422 e. The van der Waals surface area contributed by atoms with Crippen molar-refractivity contribution in [3.8, 4) is 11.5 Å². The summed E-state index contributed by atoms with van der Waals surface area (Å²) in [5, 5.41) is 2.54. The molecule has 0 aromatic heterocycles. The normalized spacial score (nSPS) is 17.8. The molecular formula is C23H22F3N3O5. The van der Waals surface area contributed by atoms with Gasteiger partial charge in [-0.25, -0.2) is 0 Å². The van der Waals surface area contributed by atoms with E-state index in [1.165, 1.54) is 23.1 Å². The number of alkyl halides is 3. The summed E-state index contributed by atoms with van der Waals surface area (Å²) in [6.45, 7) is 1.56. The highest BCUT2D eigenvalue weighted by Crippen LogP contribution is 2.29. The first kappa shape index (κ1) is 23.4. The monoisotopic (exact) mass is 477 g/mol. The van der Waals surface area contributed by atoms with Crippen molar-refractivity contribution in [2.45, 2.75) is 25.6 Å². The fraction of sp³-hybridized carbons (Fsp3) is 0.348. The number of amides is 2. The van der Waals surface area contributed by atoms with Crippen molar-refractivity contribution in [3.05, 3.63) is 48.0 Å². The number of ether oxygens (including phenoxy) is 2. The van der Waals surface area contributed by atoms with Crippen molar-refractivity contribution >= 4 is 29.2 Å². The molecule has 0 bridgehead atoms. The number of nitrogens with zero attached hydrogens (tertiary/aromatic N) is 2. The first-order valence-electron chi connectivity index (χ1n) is 10.6. The predicted molar refractivity (Wildman–Crippen MR) is 116 cm³/mol. The van der Waals surface area contributed by atoms with Crippen molar-refractivity contribution in [1.82, 2.24) is 4.90 Å². The highest BCUT2D eigenvalue weighted by molar-refractivity contribution is 6.39. The van der Waals surface area contributed by atoms with E-state index in [1.54, 1.807) is 24.3 Å². The second kappa shape index (κ2) is 9.24. The van der Waals surface area contributed by atoms with Gasteiger partial charge in [0.05, 0.1) is 6.42 Å². The fourth-order valence-corrected chi connectivity index (χ4v) is 3.94. The molecule has 1 atom stereocenters. The summed E-state index contributed by atoms with van der Waals surface area (Å²) in [5.41, 5.74) is 1.85. The number of carbonyl (C=O) groups excluding carboxylic acids is 3. The van der Waals surface area contributed by atoms with Crippen molar-refractivity contribution < 1.29 is 37.0 Å². The van der Waals surface area contributed by atoms with Gasteiger partial charge < -0.3 is 24.6 Å². The minimum Gasteiger partial charge on any atom is -0.484 e. The second-order valence-electron chi connectivity index (χ2n) is 8.12. The highest BCUT2D eigenvalue weighted by atomic mass is 19.4. The van der Waals surface area contributed by atoms with Gasteiger partial charge in [0.25, 0.3) is 0 Å². The Kier molecular flexibility index (Phi) is 6.36. The number of halogens is 3. The van der Waals surface area contributed by atoms with E-state index in [2.05, 4.69) is 5.32 Å². The van der Waals surface area contributed by atoms with Gasteiger partial charge in [0.2, 0.25) is 0 Å². The molecule has 180 valence electrons. The third kappa shape index (κ3) is 5.41. The molecule has 0 aliphatic carbocycles. The number of benzene rings is 2. The number of rotatable bonds is 4. The Morgan fingerprint density at radius 2 is 1.88 bits per heavy atom. The maximum absolute atomic E-state index is 12.7. The van der Waals surface area contributed by atoms with E-state index in [9.17, 15) is 27.6 Å². The fourth-order valence-electron chi connectivity index (χ4n) is 3.94. The minimum absolute atomic E-state index is 0.112. The Morgan fingerprint density at radius 3 is 2.56 bits per heavy atom. The molecule has 2 heterocycles. The molecule has 2 aliphatic heterocycles. The summed E-state index contributed by atoms with van der Waals surface area (Å²) in [4.78, 5) is 40.0. The number of fused-ring (bicyclic) bond motifs is 1. The molecule has 2 aromatic rings. The van der Waals surface area contributed by atoms with Gasteiger partial charge in [-0.05, 0) is 37.3 Å². The topological polar surface area (TPSA) is 88.2 Å². The third-order valence-electron chi connectivity index (χ3n) is 5.56. The molecule has 11 heteroatoms. The first-order chi connectivity index (χ1) is 16.1. The number of hydrogen-bond donors (Lipinski definition) is 1. The van der Waals surface area contributed by atoms with Crippen LogP contribution in [0, 0.1) is 0 Å². The van der Waals surface area contributed by atoms with Crippen LogP contribution >= 0.6 is 0 Å². The van der Waals surface area contributed by atoms with Crippen molar-refractivity contribution in [2.24, 2.45) is 0 Å². The predicted octanol–water partition coefficient (Wildman–Crippen LogP) is 2.77. The molecule has 0 unspecified atom stereocenters. The number of carbonyl (C=O) groups is 3.